The summed E-state index contributed by atoms with van der Waals surface area (Å²) in [6.45, 7) is 1.32. The summed E-state index contributed by atoms with van der Waals surface area (Å²) in [5.41, 5.74) is 2.21. The Balaban J connectivity index is 1.50. The second-order valence-electron chi connectivity index (χ2n) is 6.12. The first-order valence-electron chi connectivity index (χ1n) is 9.08. The molecule has 2 aromatic carbocycles. The molecule has 0 aliphatic rings. The average Bonchev–Trinajstić information content (AvgIpc) is 3.16. The molecule has 0 fully saturated rings. The predicted octanol–water partition coefficient (Wildman–Crippen LogP) is 4.56. The van der Waals surface area contributed by atoms with Crippen LogP contribution in [0, 0.1) is 0 Å². The lowest BCUT2D eigenvalue weighted by molar-refractivity contribution is 0.344. The van der Waals surface area contributed by atoms with Crippen LogP contribution in [0.1, 0.15) is 5.56 Å². The molecule has 6 heteroatoms. The van der Waals surface area contributed by atoms with E-state index in [1.807, 2.05) is 60.7 Å². The molecular formula is C22H20N4OS. The highest BCUT2D eigenvalue weighted by molar-refractivity contribution is 7.99. The number of aromatic nitrogens is 4. The monoisotopic (exact) mass is 388 g/mol. The van der Waals surface area contributed by atoms with E-state index >= 15 is 0 Å². The van der Waals surface area contributed by atoms with E-state index in [2.05, 4.69) is 31.9 Å². The third kappa shape index (κ3) is 4.58. The van der Waals surface area contributed by atoms with Gasteiger partial charge in [0.1, 0.15) is 5.75 Å². The van der Waals surface area contributed by atoms with Crippen molar-refractivity contribution in [2.24, 2.45) is 0 Å². The van der Waals surface area contributed by atoms with Crippen molar-refractivity contribution in [3.8, 4) is 17.1 Å². The minimum atomic E-state index is 0.609. The summed E-state index contributed by atoms with van der Waals surface area (Å²) < 4.78 is 7.94. The summed E-state index contributed by atoms with van der Waals surface area (Å²) in [4.78, 5) is 4.10. The van der Waals surface area contributed by atoms with Crippen molar-refractivity contribution in [1.82, 2.24) is 19.7 Å². The molecule has 4 aromatic rings. The summed E-state index contributed by atoms with van der Waals surface area (Å²) in [6.07, 6.45) is 3.55. The van der Waals surface area contributed by atoms with Crippen molar-refractivity contribution in [2.75, 3.05) is 12.4 Å². The smallest absolute Gasteiger partial charge is 0.191 e. The molecule has 0 unspecified atom stereocenters. The zero-order chi connectivity index (χ0) is 19.0. The van der Waals surface area contributed by atoms with Crippen molar-refractivity contribution >= 4 is 11.8 Å². The van der Waals surface area contributed by atoms with Crippen LogP contribution in [0.2, 0.25) is 0 Å². The van der Waals surface area contributed by atoms with E-state index in [0.29, 0.717) is 13.2 Å². The molecule has 28 heavy (non-hydrogen) atoms. The molecule has 0 saturated heterocycles. The Hall–Kier alpha value is -3.12. The van der Waals surface area contributed by atoms with Gasteiger partial charge >= 0.3 is 0 Å². The number of nitrogens with zero attached hydrogens (tertiary/aromatic N) is 4. The number of rotatable bonds is 8. The summed E-state index contributed by atoms with van der Waals surface area (Å²) in [7, 11) is 0. The molecule has 0 N–H and O–H groups in total. The number of hydrogen-bond acceptors (Lipinski definition) is 5. The standard InChI is InChI=1S/C22H20N4OS/c1-3-7-18(8-4-1)17-26-21(19-11-13-23-14-12-19)24-25-22(26)28-16-15-27-20-9-5-2-6-10-20/h1-14H,15-17H2. The van der Waals surface area contributed by atoms with Gasteiger partial charge in [-0.25, -0.2) is 0 Å². The van der Waals surface area contributed by atoms with Crippen molar-refractivity contribution in [3.05, 3.63) is 90.8 Å². The second-order valence-corrected chi connectivity index (χ2v) is 7.19. The van der Waals surface area contributed by atoms with E-state index in [1.165, 1.54) is 5.56 Å². The molecule has 0 saturated carbocycles. The molecule has 0 spiro atoms. The van der Waals surface area contributed by atoms with E-state index < -0.39 is 0 Å². The minimum Gasteiger partial charge on any atom is -0.493 e. The van der Waals surface area contributed by atoms with Gasteiger partial charge in [-0.2, -0.15) is 0 Å². The van der Waals surface area contributed by atoms with Crippen molar-refractivity contribution in [1.29, 1.82) is 0 Å². The van der Waals surface area contributed by atoms with Crippen LogP contribution >= 0.6 is 11.8 Å². The van der Waals surface area contributed by atoms with Crippen LogP contribution in [0.25, 0.3) is 11.4 Å². The molecule has 2 aromatic heterocycles. The van der Waals surface area contributed by atoms with Crippen LogP contribution in [-0.4, -0.2) is 32.1 Å². The highest BCUT2D eigenvalue weighted by Gasteiger charge is 2.14. The lowest BCUT2D eigenvalue weighted by atomic mass is 10.2. The van der Waals surface area contributed by atoms with Crippen LogP contribution in [0.5, 0.6) is 5.75 Å². The largest absolute Gasteiger partial charge is 0.493 e. The Labute approximate surface area is 168 Å². The summed E-state index contributed by atoms with van der Waals surface area (Å²) >= 11 is 1.65. The Morgan fingerprint density at radius 1 is 0.821 bits per heavy atom. The van der Waals surface area contributed by atoms with E-state index in [-0.39, 0.29) is 0 Å². The van der Waals surface area contributed by atoms with E-state index in [1.54, 1.807) is 24.2 Å². The lowest BCUT2D eigenvalue weighted by Crippen LogP contribution is -2.06. The Kier molecular flexibility index (Phi) is 5.99. The molecule has 0 aliphatic heterocycles. The van der Waals surface area contributed by atoms with Gasteiger partial charge in [-0.1, -0.05) is 60.3 Å². The van der Waals surface area contributed by atoms with Gasteiger partial charge in [0, 0.05) is 23.7 Å². The highest BCUT2D eigenvalue weighted by Crippen LogP contribution is 2.25. The van der Waals surface area contributed by atoms with E-state index in [9.17, 15) is 0 Å². The Bertz CT molecular complexity index is 991. The molecule has 140 valence electrons. The Morgan fingerprint density at radius 3 is 2.29 bits per heavy atom. The third-order valence-corrected chi connectivity index (χ3v) is 5.10. The van der Waals surface area contributed by atoms with Crippen LogP contribution in [0.3, 0.4) is 0 Å². The fraction of sp³-hybridized carbons (Fsp3) is 0.136. The highest BCUT2D eigenvalue weighted by atomic mass is 32.2. The van der Waals surface area contributed by atoms with Gasteiger partial charge in [-0.05, 0) is 29.8 Å². The molecule has 5 nitrogen and oxygen atoms in total. The van der Waals surface area contributed by atoms with Gasteiger partial charge in [-0.15, -0.1) is 10.2 Å². The molecule has 0 aliphatic carbocycles. The van der Waals surface area contributed by atoms with Crippen molar-refractivity contribution < 1.29 is 4.74 Å². The number of hydrogen-bond donors (Lipinski definition) is 0. The summed E-state index contributed by atoms with van der Waals surface area (Å²) in [6, 6.07) is 24.1. The normalized spacial score (nSPS) is 10.7. The molecule has 4 rings (SSSR count). The summed E-state index contributed by atoms with van der Waals surface area (Å²) in [5, 5.41) is 9.76. The zero-order valence-electron chi connectivity index (χ0n) is 15.3. The molecule has 2 heterocycles. The predicted molar refractivity (Wildman–Crippen MR) is 111 cm³/mol. The summed E-state index contributed by atoms with van der Waals surface area (Å²) in [5.74, 6) is 2.52. The maximum absolute atomic E-state index is 5.79. The number of thioether (sulfide) groups is 1. The van der Waals surface area contributed by atoms with E-state index in [4.69, 9.17) is 4.74 Å². The zero-order valence-corrected chi connectivity index (χ0v) is 16.1. The van der Waals surface area contributed by atoms with Gasteiger partial charge in [0.15, 0.2) is 11.0 Å². The van der Waals surface area contributed by atoms with Gasteiger partial charge in [0.2, 0.25) is 0 Å². The Morgan fingerprint density at radius 2 is 1.54 bits per heavy atom. The quantitative estimate of drug-likeness (QED) is 0.327. The topological polar surface area (TPSA) is 52.8 Å². The molecule has 0 atom stereocenters. The second kappa shape index (κ2) is 9.19. The fourth-order valence-corrected chi connectivity index (χ4v) is 3.58. The third-order valence-electron chi connectivity index (χ3n) is 4.17. The van der Waals surface area contributed by atoms with Crippen molar-refractivity contribution in [3.63, 3.8) is 0 Å². The minimum absolute atomic E-state index is 0.609. The van der Waals surface area contributed by atoms with Gasteiger partial charge in [-0.3, -0.25) is 9.55 Å². The van der Waals surface area contributed by atoms with Gasteiger partial charge in [0.25, 0.3) is 0 Å². The van der Waals surface area contributed by atoms with Crippen LogP contribution < -0.4 is 4.74 Å². The number of pyridine rings is 1. The van der Waals surface area contributed by atoms with E-state index in [0.717, 1.165) is 28.0 Å². The first-order chi connectivity index (χ1) is 13.9. The first-order valence-corrected chi connectivity index (χ1v) is 10.1. The first kappa shape index (κ1) is 18.3. The van der Waals surface area contributed by atoms with Crippen molar-refractivity contribution in [2.45, 2.75) is 11.7 Å². The van der Waals surface area contributed by atoms with Crippen LogP contribution in [0.15, 0.2) is 90.3 Å². The molecular weight excluding hydrogens is 368 g/mol. The van der Waals surface area contributed by atoms with Gasteiger partial charge in [0.05, 0.1) is 13.2 Å². The SMILES string of the molecule is c1ccc(Cn2c(SCCOc3ccccc3)nnc2-c2ccncc2)cc1. The maximum Gasteiger partial charge on any atom is 0.191 e. The van der Waals surface area contributed by atoms with Gasteiger partial charge < -0.3 is 4.74 Å². The van der Waals surface area contributed by atoms with Crippen LogP contribution in [0.4, 0.5) is 0 Å². The lowest BCUT2D eigenvalue weighted by Gasteiger charge is -2.11. The molecule has 0 amide bonds. The number of ether oxygens (including phenoxy) is 1. The molecule has 0 radical (unpaired) electrons. The van der Waals surface area contributed by atoms with Crippen LogP contribution in [-0.2, 0) is 6.54 Å². The number of benzene rings is 2. The fourth-order valence-electron chi connectivity index (χ4n) is 2.83. The average molecular weight is 388 g/mol. The number of para-hydroxylation sites is 1. The molecule has 0 bridgehead atoms. The maximum atomic E-state index is 5.79.